The second-order valence-electron chi connectivity index (χ2n) is 8.88. The van der Waals surface area contributed by atoms with Crippen molar-refractivity contribution in [2.24, 2.45) is 0 Å². The van der Waals surface area contributed by atoms with E-state index in [1.54, 1.807) is 36.4 Å². The van der Waals surface area contributed by atoms with E-state index in [1.807, 2.05) is 36.4 Å². The van der Waals surface area contributed by atoms with Crippen molar-refractivity contribution >= 4 is 21.7 Å². The monoisotopic (exact) mass is 465 g/mol. The summed E-state index contributed by atoms with van der Waals surface area (Å²) in [6, 6.07) is 21.4. The molecule has 0 unspecified atom stereocenters. The van der Waals surface area contributed by atoms with Gasteiger partial charge >= 0.3 is 5.97 Å². The van der Waals surface area contributed by atoms with Gasteiger partial charge in [-0.2, -0.15) is 0 Å². The van der Waals surface area contributed by atoms with Crippen molar-refractivity contribution in [3.05, 3.63) is 95.1 Å². The number of para-hydroxylation sites is 1. The fourth-order valence-electron chi connectivity index (χ4n) is 3.67. The minimum absolute atomic E-state index is 0.00764. The lowest BCUT2D eigenvalue weighted by Gasteiger charge is -2.23. The molecule has 6 heteroatoms. The lowest BCUT2D eigenvalue weighted by atomic mass is 9.82. The number of anilines is 1. The second kappa shape index (κ2) is 10.2. The van der Waals surface area contributed by atoms with E-state index in [2.05, 4.69) is 25.5 Å². The summed E-state index contributed by atoms with van der Waals surface area (Å²) in [6.07, 6.45) is 3.10. The Morgan fingerprint density at radius 2 is 1.64 bits per heavy atom. The van der Waals surface area contributed by atoms with Gasteiger partial charge in [-0.05, 0) is 78.1 Å². The predicted molar refractivity (Wildman–Crippen MR) is 132 cm³/mol. The van der Waals surface area contributed by atoms with Crippen LogP contribution in [0.2, 0.25) is 0 Å². The number of benzene rings is 3. The van der Waals surface area contributed by atoms with Crippen molar-refractivity contribution in [1.29, 1.82) is 0 Å². The molecule has 2 N–H and O–H groups in total. The van der Waals surface area contributed by atoms with Crippen LogP contribution in [-0.2, 0) is 28.3 Å². The Labute approximate surface area is 196 Å². The van der Waals surface area contributed by atoms with Gasteiger partial charge in [-0.1, -0.05) is 63.2 Å². The Bertz CT molecular complexity index is 1210. The van der Waals surface area contributed by atoms with E-state index < -0.39 is 16.0 Å². The van der Waals surface area contributed by atoms with Crippen LogP contribution < -0.4 is 4.72 Å². The number of carbonyl (C=O) groups is 1. The van der Waals surface area contributed by atoms with Crippen LogP contribution in [0.15, 0.2) is 77.7 Å². The molecule has 5 nitrogen and oxygen atoms in total. The van der Waals surface area contributed by atoms with E-state index in [4.69, 9.17) is 5.11 Å². The first-order valence-corrected chi connectivity index (χ1v) is 12.6. The minimum Gasteiger partial charge on any atom is -0.478 e. The third kappa shape index (κ3) is 6.23. The molecule has 174 valence electrons. The normalized spacial score (nSPS) is 11.8. The van der Waals surface area contributed by atoms with Crippen LogP contribution in [0.1, 0.15) is 60.7 Å². The zero-order valence-corrected chi connectivity index (χ0v) is 20.2. The zero-order chi connectivity index (χ0) is 24.1. The maximum absolute atomic E-state index is 13.0. The summed E-state index contributed by atoms with van der Waals surface area (Å²) in [7, 11) is -3.71. The number of hydrogen-bond acceptors (Lipinski definition) is 3. The molecule has 0 atom stereocenters. The van der Waals surface area contributed by atoms with Crippen molar-refractivity contribution < 1.29 is 18.3 Å². The molecule has 0 aliphatic rings. The molecule has 33 heavy (non-hydrogen) atoms. The largest absolute Gasteiger partial charge is 0.478 e. The van der Waals surface area contributed by atoms with E-state index in [1.165, 1.54) is 0 Å². The SMILES string of the molecule is CCC(C)(C)c1ccc(S(=O)(=O)Nc2ccccc2CCCc2cccc(C(=O)O)c2)cc1. The molecule has 0 aliphatic heterocycles. The third-order valence-electron chi connectivity index (χ3n) is 6.18. The van der Waals surface area contributed by atoms with Crippen molar-refractivity contribution in [3.8, 4) is 0 Å². The number of rotatable bonds is 10. The van der Waals surface area contributed by atoms with Gasteiger partial charge in [-0.25, -0.2) is 13.2 Å². The topological polar surface area (TPSA) is 83.5 Å². The van der Waals surface area contributed by atoms with Crippen LogP contribution in [0.5, 0.6) is 0 Å². The van der Waals surface area contributed by atoms with Gasteiger partial charge in [0.05, 0.1) is 16.1 Å². The lowest BCUT2D eigenvalue weighted by Crippen LogP contribution is -2.17. The molecule has 3 aromatic carbocycles. The summed E-state index contributed by atoms with van der Waals surface area (Å²) in [6.45, 7) is 6.40. The molecule has 3 aromatic rings. The average molecular weight is 466 g/mol. The van der Waals surface area contributed by atoms with E-state index in [0.29, 0.717) is 18.5 Å². The summed E-state index contributed by atoms with van der Waals surface area (Å²) < 4.78 is 28.8. The molecule has 0 bridgehead atoms. The molecule has 0 saturated carbocycles. The summed E-state index contributed by atoms with van der Waals surface area (Å²) in [5.74, 6) is -0.942. The number of carboxylic acid groups (broad SMARTS) is 1. The second-order valence-corrected chi connectivity index (χ2v) is 10.6. The maximum Gasteiger partial charge on any atom is 0.335 e. The standard InChI is InChI=1S/C27H31NO4S/c1-4-27(2,3)23-15-17-24(18-16-23)33(31,32)28-25-14-6-5-11-21(25)12-7-9-20-10-8-13-22(19-20)26(29)30/h5-6,8,10-11,13-19,28H,4,7,9,12H2,1-3H3,(H,29,30). The summed E-state index contributed by atoms with van der Waals surface area (Å²) in [5.41, 5.74) is 3.79. The van der Waals surface area contributed by atoms with E-state index in [0.717, 1.165) is 29.5 Å². The van der Waals surface area contributed by atoms with E-state index >= 15 is 0 Å². The van der Waals surface area contributed by atoms with Crippen LogP contribution in [0.3, 0.4) is 0 Å². The van der Waals surface area contributed by atoms with Crippen molar-refractivity contribution in [1.82, 2.24) is 0 Å². The highest BCUT2D eigenvalue weighted by Gasteiger charge is 2.20. The number of hydrogen-bond donors (Lipinski definition) is 2. The minimum atomic E-state index is -3.71. The zero-order valence-electron chi connectivity index (χ0n) is 19.3. The lowest BCUT2D eigenvalue weighted by molar-refractivity contribution is 0.0696. The Morgan fingerprint density at radius 1 is 0.939 bits per heavy atom. The van der Waals surface area contributed by atoms with Crippen molar-refractivity contribution in [2.45, 2.75) is 56.8 Å². The average Bonchev–Trinajstić information content (AvgIpc) is 2.80. The molecule has 0 amide bonds. The van der Waals surface area contributed by atoms with Gasteiger partial charge in [-0.3, -0.25) is 4.72 Å². The highest BCUT2D eigenvalue weighted by molar-refractivity contribution is 7.92. The number of aromatic carboxylic acids is 1. The molecular formula is C27H31NO4S. The van der Waals surface area contributed by atoms with Crippen LogP contribution in [0.25, 0.3) is 0 Å². The first kappa shape index (κ1) is 24.5. The number of nitrogens with one attached hydrogen (secondary N) is 1. The van der Waals surface area contributed by atoms with Crippen LogP contribution in [-0.4, -0.2) is 19.5 Å². The van der Waals surface area contributed by atoms with Gasteiger partial charge in [0.2, 0.25) is 0 Å². The molecule has 0 saturated heterocycles. The van der Waals surface area contributed by atoms with Crippen LogP contribution in [0, 0.1) is 0 Å². The number of aryl methyl sites for hydroxylation is 2. The van der Waals surface area contributed by atoms with Gasteiger partial charge in [0.1, 0.15) is 0 Å². The first-order chi connectivity index (χ1) is 15.6. The van der Waals surface area contributed by atoms with Crippen molar-refractivity contribution in [2.75, 3.05) is 4.72 Å². The maximum atomic E-state index is 13.0. The van der Waals surface area contributed by atoms with Crippen LogP contribution >= 0.6 is 0 Å². The van der Waals surface area contributed by atoms with Gasteiger partial charge in [0.25, 0.3) is 10.0 Å². The van der Waals surface area contributed by atoms with Crippen molar-refractivity contribution in [3.63, 3.8) is 0 Å². The summed E-state index contributed by atoms with van der Waals surface area (Å²) >= 11 is 0. The summed E-state index contributed by atoms with van der Waals surface area (Å²) in [4.78, 5) is 11.4. The molecule has 0 heterocycles. The fraction of sp³-hybridized carbons (Fsp3) is 0.296. The highest BCUT2D eigenvalue weighted by Crippen LogP contribution is 2.28. The Kier molecular flexibility index (Phi) is 7.59. The molecule has 0 aromatic heterocycles. The molecule has 0 fully saturated rings. The number of carboxylic acids is 1. The van der Waals surface area contributed by atoms with Gasteiger partial charge in [0.15, 0.2) is 0 Å². The fourth-order valence-corrected chi connectivity index (χ4v) is 4.77. The third-order valence-corrected chi connectivity index (χ3v) is 7.56. The Hall–Kier alpha value is -3.12. The van der Waals surface area contributed by atoms with E-state index in [9.17, 15) is 13.2 Å². The van der Waals surface area contributed by atoms with E-state index in [-0.39, 0.29) is 15.9 Å². The Morgan fingerprint density at radius 3 is 2.30 bits per heavy atom. The van der Waals surface area contributed by atoms with Crippen LogP contribution in [0.4, 0.5) is 5.69 Å². The Balaban J connectivity index is 1.71. The molecular weight excluding hydrogens is 434 g/mol. The van der Waals surface area contributed by atoms with Gasteiger partial charge in [0, 0.05) is 0 Å². The smallest absolute Gasteiger partial charge is 0.335 e. The molecule has 3 rings (SSSR count). The molecule has 0 spiro atoms. The quantitative estimate of drug-likeness (QED) is 0.382. The molecule has 0 aliphatic carbocycles. The first-order valence-electron chi connectivity index (χ1n) is 11.2. The van der Waals surface area contributed by atoms with Gasteiger partial charge < -0.3 is 5.11 Å². The predicted octanol–water partition coefficient (Wildman–Crippen LogP) is 6.05. The summed E-state index contributed by atoms with van der Waals surface area (Å²) in [5, 5.41) is 9.15. The molecule has 0 radical (unpaired) electrons. The highest BCUT2D eigenvalue weighted by atomic mass is 32.2. The van der Waals surface area contributed by atoms with Gasteiger partial charge in [-0.15, -0.1) is 0 Å². The number of sulfonamides is 1.